The topological polar surface area (TPSA) is 58.7 Å². The summed E-state index contributed by atoms with van der Waals surface area (Å²) in [6, 6.07) is 7.91. The molecule has 1 heterocycles. The minimum absolute atomic E-state index is 0.284. The predicted octanol–water partition coefficient (Wildman–Crippen LogP) is 1.74. The standard InChI is InChI=1S/C15H24N2O2/c1-11-7-12(2)17(8-11)9-13(18)10-19-15-6-4-3-5-14(15)16/h3-6,11-13,18H,7-10,16H2,1-2H3. The van der Waals surface area contributed by atoms with E-state index < -0.39 is 6.10 Å². The van der Waals surface area contributed by atoms with Crippen molar-refractivity contribution in [2.24, 2.45) is 5.92 Å². The van der Waals surface area contributed by atoms with Crippen LogP contribution in [0.1, 0.15) is 20.3 Å². The number of hydrogen-bond acceptors (Lipinski definition) is 4. The fraction of sp³-hybridized carbons (Fsp3) is 0.600. The van der Waals surface area contributed by atoms with Gasteiger partial charge < -0.3 is 15.6 Å². The second kappa shape index (κ2) is 6.26. The van der Waals surface area contributed by atoms with E-state index in [-0.39, 0.29) is 6.61 Å². The van der Waals surface area contributed by atoms with Crippen LogP contribution in [0.5, 0.6) is 5.75 Å². The molecule has 0 spiro atoms. The molecular formula is C15H24N2O2. The van der Waals surface area contributed by atoms with Crippen LogP contribution >= 0.6 is 0 Å². The Labute approximate surface area is 115 Å². The van der Waals surface area contributed by atoms with Gasteiger partial charge in [0, 0.05) is 19.1 Å². The number of aliphatic hydroxyl groups is 1. The highest BCUT2D eigenvalue weighted by Crippen LogP contribution is 2.23. The van der Waals surface area contributed by atoms with E-state index in [0.717, 1.165) is 6.54 Å². The Bertz CT molecular complexity index is 411. The zero-order valence-electron chi connectivity index (χ0n) is 11.7. The van der Waals surface area contributed by atoms with E-state index in [1.54, 1.807) is 6.07 Å². The highest BCUT2D eigenvalue weighted by atomic mass is 16.5. The number of benzene rings is 1. The molecule has 0 aromatic heterocycles. The smallest absolute Gasteiger partial charge is 0.142 e. The third-order valence-corrected chi connectivity index (χ3v) is 3.71. The van der Waals surface area contributed by atoms with Gasteiger partial charge in [0.25, 0.3) is 0 Å². The van der Waals surface area contributed by atoms with E-state index in [0.29, 0.717) is 29.9 Å². The van der Waals surface area contributed by atoms with E-state index in [1.807, 2.05) is 18.2 Å². The van der Waals surface area contributed by atoms with Gasteiger partial charge in [0.1, 0.15) is 18.5 Å². The van der Waals surface area contributed by atoms with Crippen LogP contribution in [0.25, 0.3) is 0 Å². The Kier molecular flexibility index (Phi) is 4.66. The average molecular weight is 264 g/mol. The quantitative estimate of drug-likeness (QED) is 0.795. The Balaban J connectivity index is 1.79. The van der Waals surface area contributed by atoms with Crippen LogP contribution in [-0.4, -0.2) is 41.8 Å². The van der Waals surface area contributed by atoms with Crippen molar-refractivity contribution in [3.63, 3.8) is 0 Å². The Hall–Kier alpha value is -1.26. The van der Waals surface area contributed by atoms with Crippen molar-refractivity contribution in [3.05, 3.63) is 24.3 Å². The molecule has 3 unspecified atom stereocenters. The van der Waals surface area contributed by atoms with Crippen molar-refractivity contribution in [2.45, 2.75) is 32.4 Å². The number of aliphatic hydroxyl groups excluding tert-OH is 1. The van der Waals surface area contributed by atoms with Gasteiger partial charge >= 0.3 is 0 Å². The van der Waals surface area contributed by atoms with Crippen molar-refractivity contribution in [1.29, 1.82) is 0 Å². The summed E-state index contributed by atoms with van der Waals surface area (Å²) in [5.41, 5.74) is 6.40. The van der Waals surface area contributed by atoms with E-state index >= 15 is 0 Å². The third kappa shape index (κ3) is 3.85. The molecule has 1 aromatic rings. The Morgan fingerprint density at radius 3 is 2.79 bits per heavy atom. The zero-order chi connectivity index (χ0) is 13.8. The highest BCUT2D eigenvalue weighted by Gasteiger charge is 2.27. The summed E-state index contributed by atoms with van der Waals surface area (Å²) in [4.78, 5) is 2.33. The zero-order valence-corrected chi connectivity index (χ0v) is 11.7. The van der Waals surface area contributed by atoms with Crippen molar-refractivity contribution >= 4 is 5.69 Å². The summed E-state index contributed by atoms with van der Waals surface area (Å²) in [5, 5.41) is 10.1. The largest absolute Gasteiger partial charge is 0.489 e. The fourth-order valence-corrected chi connectivity index (χ4v) is 2.76. The van der Waals surface area contributed by atoms with E-state index in [2.05, 4.69) is 18.7 Å². The fourth-order valence-electron chi connectivity index (χ4n) is 2.76. The van der Waals surface area contributed by atoms with Crippen LogP contribution in [0.4, 0.5) is 5.69 Å². The van der Waals surface area contributed by atoms with Crippen molar-refractivity contribution in [3.8, 4) is 5.75 Å². The molecule has 0 aliphatic carbocycles. The molecule has 2 rings (SSSR count). The molecule has 4 heteroatoms. The second-order valence-electron chi connectivity index (χ2n) is 5.65. The van der Waals surface area contributed by atoms with Gasteiger partial charge in [0.15, 0.2) is 0 Å². The Morgan fingerprint density at radius 1 is 1.42 bits per heavy atom. The van der Waals surface area contributed by atoms with Gasteiger partial charge in [-0.15, -0.1) is 0 Å². The molecule has 4 nitrogen and oxygen atoms in total. The molecule has 1 aromatic carbocycles. The summed E-state index contributed by atoms with van der Waals surface area (Å²) in [7, 11) is 0. The maximum atomic E-state index is 10.1. The number of ether oxygens (including phenoxy) is 1. The molecule has 0 saturated carbocycles. The van der Waals surface area contributed by atoms with Gasteiger partial charge in [-0.05, 0) is 31.4 Å². The third-order valence-electron chi connectivity index (χ3n) is 3.71. The van der Waals surface area contributed by atoms with E-state index in [9.17, 15) is 5.11 Å². The first kappa shape index (κ1) is 14.2. The number of rotatable bonds is 5. The summed E-state index contributed by atoms with van der Waals surface area (Å²) >= 11 is 0. The van der Waals surface area contributed by atoms with E-state index in [4.69, 9.17) is 10.5 Å². The van der Waals surface area contributed by atoms with Crippen molar-refractivity contribution in [2.75, 3.05) is 25.4 Å². The molecule has 0 radical (unpaired) electrons. The molecular weight excluding hydrogens is 240 g/mol. The van der Waals surface area contributed by atoms with Gasteiger partial charge in [-0.3, -0.25) is 4.90 Å². The van der Waals surface area contributed by atoms with Crippen molar-refractivity contribution < 1.29 is 9.84 Å². The van der Waals surface area contributed by atoms with Gasteiger partial charge in [-0.2, -0.15) is 0 Å². The first-order valence-corrected chi connectivity index (χ1v) is 6.95. The molecule has 19 heavy (non-hydrogen) atoms. The number of β-amino-alcohol motifs (C(OH)–C–C–N with tert-alkyl or cyclic N) is 1. The lowest BCUT2D eigenvalue weighted by molar-refractivity contribution is 0.0657. The summed E-state index contributed by atoms with van der Waals surface area (Å²) in [6.07, 6.45) is 0.728. The lowest BCUT2D eigenvalue weighted by Crippen LogP contribution is -2.37. The Morgan fingerprint density at radius 2 is 2.16 bits per heavy atom. The molecule has 1 saturated heterocycles. The molecule has 3 N–H and O–H groups in total. The minimum atomic E-state index is -0.479. The van der Waals surface area contributed by atoms with Gasteiger partial charge in [-0.25, -0.2) is 0 Å². The highest BCUT2D eigenvalue weighted by molar-refractivity contribution is 5.51. The van der Waals surface area contributed by atoms with Crippen molar-refractivity contribution in [1.82, 2.24) is 4.90 Å². The molecule has 1 aliphatic heterocycles. The number of nitrogens with zero attached hydrogens (tertiary/aromatic N) is 1. The lowest BCUT2D eigenvalue weighted by atomic mass is 10.1. The number of para-hydroxylation sites is 2. The average Bonchev–Trinajstić information content (AvgIpc) is 2.67. The molecule has 1 aliphatic rings. The van der Waals surface area contributed by atoms with Crippen LogP contribution in [0.15, 0.2) is 24.3 Å². The van der Waals surface area contributed by atoms with E-state index in [1.165, 1.54) is 6.42 Å². The number of nitrogen functional groups attached to an aromatic ring is 1. The molecule has 1 fully saturated rings. The monoisotopic (exact) mass is 264 g/mol. The first-order valence-electron chi connectivity index (χ1n) is 6.95. The van der Waals surface area contributed by atoms with Crippen LogP contribution in [0, 0.1) is 5.92 Å². The van der Waals surface area contributed by atoms with Crippen LogP contribution in [-0.2, 0) is 0 Å². The summed E-state index contributed by atoms with van der Waals surface area (Å²) in [6.45, 7) is 6.48. The summed E-state index contributed by atoms with van der Waals surface area (Å²) < 4.78 is 5.57. The molecule has 0 amide bonds. The minimum Gasteiger partial charge on any atom is -0.489 e. The molecule has 3 atom stereocenters. The summed E-state index contributed by atoms with van der Waals surface area (Å²) in [5.74, 6) is 1.36. The first-order chi connectivity index (χ1) is 9.06. The maximum absolute atomic E-state index is 10.1. The van der Waals surface area contributed by atoms with Gasteiger partial charge in [0.2, 0.25) is 0 Å². The number of nitrogens with two attached hydrogens (primary N) is 1. The van der Waals surface area contributed by atoms with Gasteiger partial charge in [0.05, 0.1) is 5.69 Å². The number of likely N-dealkylation sites (tertiary alicyclic amines) is 1. The number of hydrogen-bond donors (Lipinski definition) is 2. The molecule has 106 valence electrons. The van der Waals surface area contributed by atoms with Crippen LogP contribution in [0.2, 0.25) is 0 Å². The van der Waals surface area contributed by atoms with Gasteiger partial charge in [-0.1, -0.05) is 19.1 Å². The second-order valence-corrected chi connectivity index (χ2v) is 5.65. The number of anilines is 1. The molecule has 0 bridgehead atoms. The predicted molar refractivity (Wildman–Crippen MR) is 77.2 cm³/mol. The lowest BCUT2D eigenvalue weighted by Gasteiger charge is -2.24. The van der Waals surface area contributed by atoms with Crippen LogP contribution in [0.3, 0.4) is 0 Å². The SMILES string of the molecule is CC1CC(C)N(CC(O)COc2ccccc2N)C1. The normalized spacial score (nSPS) is 25.4. The van der Waals surface area contributed by atoms with Crippen LogP contribution < -0.4 is 10.5 Å². The maximum Gasteiger partial charge on any atom is 0.142 e.